The molecule has 0 aliphatic heterocycles. The summed E-state index contributed by atoms with van der Waals surface area (Å²) in [6.45, 7) is 2.98. The van der Waals surface area contributed by atoms with Crippen LogP contribution in [0.25, 0.3) is 0 Å². The van der Waals surface area contributed by atoms with Gasteiger partial charge in [0.05, 0.1) is 5.57 Å². The van der Waals surface area contributed by atoms with Crippen LogP contribution in [-0.4, -0.2) is 27.3 Å². The van der Waals surface area contributed by atoms with Gasteiger partial charge in [0.15, 0.2) is 0 Å². The lowest BCUT2D eigenvalue weighted by Gasteiger charge is -1.91. The maximum Gasteiger partial charge on any atom is 0.370 e. The fraction of sp³-hybridized carbons (Fsp3) is 0. The lowest BCUT2D eigenvalue weighted by Crippen LogP contribution is -2.02. The molecule has 0 aromatic carbocycles. The van der Waals surface area contributed by atoms with Crippen LogP contribution in [0, 0.1) is 0 Å². The number of aliphatic hydroxyl groups is 1. The molecule has 0 aromatic rings. The van der Waals surface area contributed by atoms with Crippen LogP contribution >= 0.6 is 0 Å². The first-order valence-electron chi connectivity index (χ1n) is 2.51. The van der Waals surface area contributed by atoms with E-state index in [1.807, 2.05) is 0 Å². The first-order chi connectivity index (χ1) is 4.95. The van der Waals surface area contributed by atoms with Gasteiger partial charge in [-0.15, -0.1) is 0 Å². The fourth-order valence-electron chi connectivity index (χ4n) is 0.289. The second kappa shape index (κ2) is 3.40. The highest BCUT2D eigenvalue weighted by atomic mass is 16.4. The van der Waals surface area contributed by atoms with Crippen molar-refractivity contribution in [3.8, 4) is 0 Å². The van der Waals surface area contributed by atoms with Crippen LogP contribution in [0.3, 0.4) is 0 Å². The van der Waals surface area contributed by atoms with Crippen LogP contribution in [0.1, 0.15) is 0 Å². The number of hydrogen-bond donors (Lipinski definition) is 3. The van der Waals surface area contributed by atoms with Gasteiger partial charge in [-0.25, -0.2) is 9.59 Å². The summed E-state index contributed by atoms with van der Waals surface area (Å²) < 4.78 is 0. The molecular weight excluding hydrogens is 152 g/mol. The Labute approximate surface area is 61.9 Å². The van der Waals surface area contributed by atoms with Gasteiger partial charge in [-0.3, -0.25) is 0 Å². The van der Waals surface area contributed by atoms with Gasteiger partial charge in [0.1, 0.15) is 0 Å². The van der Waals surface area contributed by atoms with E-state index >= 15 is 0 Å². The van der Waals surface area contributed by atoms with E-state index in [1.165, 1.54) is 0 Å². The largest absolute Gasteiger partial charge is 0.502 e. The van der Waals surface area contributed by atoms with E-state index in [0.717, 1.165) is 0 Å². The molecule has 0 radical (unpaired) electrons. The van der Waals surface area contributed by atoms with E-state index in [0.29, 0.717) is 6.08 Å². The zero-order valence-corrected chi connectivity index (χ0v) is 5.44. The molecule has 5 heteroatoms. The third-order valence-electron chi connectivity index (χ3n) is 0.805. The maximum absolute atomic E-state index is 10.0. The number of aliphatic carboxylic acids is 2. The molecule has 0 unspecified atom stereocenters. The summed E-state index contributed by atoms with van der Waals surface area (Å²) in [5, 5.41) is 24.7. The minimum absolute atomic E-state index is 0.482. The Hall–Kier alpha value is -1.78. The highest BCUT2D eigenvalue weighted by Crippen LogP contribution is 1.97. The average Bonchev–Trinajstić information content (AvgIpc) is 1.87. The van der Waals surface area contributed by atoms with E-state index in [2.05, 4.69) is 6.58 Å². The molecular formula is C6H6O5. The smallest absolute Gasteiger partial charge is 0.370 e. The van der Waals surface area contributed by atoms with Crippen LogP contribution < -0.4 is 0 Å². The second-order valence-electron chi connectivity index (χ2n) is 1.67. The molecule has 3 N–H and O–H groups in total. The SMILES string of the molecule is C=C(/C=C(/O)C(=O)O)C(=O)O. The number of aliphatic hydroxyl groups excluding tert-OH is 1. The summed E-state index contributed by atoms with van der Waals surface area (Å²) in [5.74, 6) is -4.01. The Bertz CT molecular complexity index is 237. The minimum Gasteiger partial charge on any atom is -0.502 e. The van der Waals surface area contributed by atoms with Gasteiger partial charge in [0.25, 0.3) is 0 Å². The molecule has 0 aromatic heterocycles. The quantitative estimate of drug-likeness (QED) is 0.309. The van der Waals surface area contributed by atoms with E-state index in [9.17, 15) is 9.59 Å². The number of hydrogen-bond acceptors (Lipinski definition) is 3. The second-order valence-corrected chi connectivity index (χ2v) is 1.67. The van der Waals surface area contributed by atoms with Crippen LogP contribution in [0.2, 0.25) is 0 Å². The fourth-order valence-corrected chi connectivity index (χ4v) is 0.289. The van der Waals surface area contributed by atoms with Crippen LogP contribution in [0.5, 0.6) is 0 Å². The first-order valence-corrected chi connectivity index (χ1v) is 2.51. The van der Waals surface area contributed by atoms with Gasteiger partial charge in [0.2, 0.25) is 5.76 Å². The zero-order valence-electron chi connectivity index (χ0n) is 5.44. The molecule has 0 atom stereocenters. The molecule has 11 heavy (non-hydrogen) atoms. The highest BCUT2D eigenvalue weighted by Gasteiger charge is 2.07. The highest BCUT2D eigenvalue weighted by molar-refractivity contribution is 5.92. The monoisotopic (exact) mass is 158 g/mol. The average molecular weight is 158 g/mol. The Morgan fingerprint density at radius 1 is 1.09 bits per heavy atom. The van der Waals surface area contributed by atoms with E-state index < -0.39 is 23.3 Å². The van der Waals surface area contributed by atoms with Crippen molar-refractivity contribution in [1.29, 1.82) is 0 Å². The van der Waals surface area contributed by atoms with Crippen molar-refractivity contribution in [3.05, 3.63) is 24.0 Å². The molecule has 0 heterocycles. The summed E-state index contributed by atoms with van der Waals surface area (Å²) >= 11 is 0. The summed E-state index contributed by atoms with van der Waals surface area (Å²) in [6.07, 6.45) is 0.560. The molecule has 5 nitrogen and oxygen atoms in total. The molecule has 0 rings (SSSR count). The predicted octanol–water partition coefficient (Wildman–Crippen LogP) is 0.154. The van der Waals surface area contributed by atoms with Crippen molar-refractivity contribution in [2.75, 3.05) is 0 Å². The van der Waals surface area contributed by atoms with Crippen LogP contribution in [0.15, 0.2) is 24.0 Å². The Morgan fingerprint density at radius 2 is 1.55 bits per heavy atom. The normalized spacial score (nSPS) is 10.7. The number of rotatable bonds is 3. The molecule has 0 saturated carbocycles. The molecule has 0 saturated heterocycles. The molecule has 0 aliphatic carbocycles. The summed E-state index contributed by atoms with van der Waals surface area (Å²) in [6, 6.07) is 0. The summed E-state index contributed by atoms with van der Waals surface area (Å²) in [7, 11) is 0. The zero-order chi connectivity index (χ0) is 9.02. The van der Waals surface area contributed by atoms with Crippen molar-refractivity contribution in [2.45, 2.75) is 0 Å². The molecule has 0 amide bonds. The third-order valence-corrected chi connectivity index (χ3v) is 0.805. The maximum atomic E-state index is 10.0. The lowest BCUT2D eigenvalue weighted by atomic mass is 10.2. The number of carboxylic acid groups (broad SMARTS) is 2. The Kier molecular flexibility index (Phi) is 2.85. The lowest BCUT2D eigenvalue weighted by molar-refractivity contribution is -0.135. The first kappa shape index (κ1) is 9.22. The molecule has 0 aliphatic rings. The van der Waals surface area contributed by atoms with Crippen molar-refractivity contribution < 1.29 is 24.9 Å². The van der Waals surface area contributed by atoms with E-state index in [1.54, 1.807) is 0 Å². The van der Waals surface area contributed by atoms with Crippen molar-refractivity contribution in [2.24, 2.45) is 0 Å². The van der Waals surface area contributed by atoms with Crippen molar-refractivity contribution in [1.82, 2.24) is 0 Å². The van der Waals surface area contributed by atoms with Gasteiger partial charge in [-0.05, 0) is 0 Å². The van der Waals surface area contributed by atoms with Crippen molar-refractivity contribution >= 4 is 11.9 Å². The standard InChI is InChI=1S/C6H6O5/c1-3(5(8)9)2-4(7)6(10)11/h2,7H,1H2,(H,8,9)(H,10,11)/b4-2+. The number of carbonyl (C=O) groups is 2. The summed E-state index contributed by atoms with van der Waals surface area (Å²) in [5.41, 5.74) is -0.482. The molecule has 0 fully saturated rings. The summed E-state index contributed by atoms with van der Waals surface area (Å²) in [4.78, 5) is 19.9. The van der Waals surface area contributed by atoms with Gasteiger partial charge in [0, 0.05) is 6.08 Å². The minimum atomic E-state index is -1.59. The van der Waals surface area contributed by atoms with Gasteiger partial charge in [-0.2, -0.15) is 0 Å². The predicted molar refractivity (Wildman–Crippen MR) is 35.1 cm³/mol. The van der Waals surface area contributed by atoms with Gasteiger partial charge >= 0.3 is 11.9 Å². The van der Waals surface area contributed by atoms with Crippen LogP contribution in [-0.2, 0) is 9.59 Å². The molecule has 0 spiro atoms. The number of carboxylic acids is 2. The van der Waals surface area contributed by atoms with Crippen molar-refractivity contribution in [3.63, 3.8) is 0 Å². The van der Waals surface area contributed by atoms with Gasteiger partial charge in [-0.1, -0.05) is 6.58 Å². The Balaban J connectivity index is 4.44. The topological polar surface area (TPSA) is 94.8 Å². The molecule has 60 valence electrons. The van der Waals surface area contributed by atoms with E-state index in [4.69, 9.17) is 15.3 Å². The Morgan fingerprint density at radius 3 is 1.82 bits per heavy atom. The third kappa shape index (κ3) is 3.04. The molecule has 0 bridgehead atoms. The van der Waals surface area contributed by atoms with E-state index in [-0.39, 0.29) is 0 Å². The van der Waals surface area contributed by atoms with Crippen LogP contribution in [0.4, 0.5) is 0 Å². The van der Waals surface area contributed by atoms with Gasteiger partial charge < -0.3 is 15.3 Å².